The molecule has 0 aromatic carbocycles. The first-order valence-corrected chi connectivity index (χ1v) is 7.54. The van der Waals surface area contributed by atoms with Crippen molar-refractivity contribution in [1.29, 1.82) is 0 Å². The molecular weight excluding hydrogens is 258 g/mol. The highest BCUT2D eigenvalue weighted by atomic mass is 16.1. The Morgan fingerprint density at radius 2 is 2.00 bits per heavy atom. The van der Waals surface area contributed by atoms with Gasteiger partial charge in [-0.2, -0.15) is 0 Å². The fourth-order valence-corrected chi connectivity index (χ4v) is 2.12. The zero-order valence-corrected chi connectivity index (χ0v) is 13.3. The lowest BCUT2D eigenvalue weighted by molar-refractivity contribution is -0.104. The van der Waals surface area contributed by atoms with Crippen LogP contribution in [-0.4, -0.2) is 11.3 Å². The topological polar surface area (TPSA) is 30.0 Å². The first kappa shape index (κ1) is 17.1. The molecule has 1 aliphatic carbocycles. The molecule has 0 aliphatic heterocycles. The number of pyridine rings is 1. The molecule has 1 aromatic heterocycles. The van der Waals surface area contributed by atoms with Crippen LogP contribution in [0.25, 0.3) is 5.57 Å². The van der Waals surface area contributed by atoms with E-state index in [4.69, 9.17) is 0 Å². The number of nitrogens with zero attached hydrogens (tertiary/aromatic N) is 1. The number of allylic oxidation sites excluding steroid dienone is 5. The third-order valence-electron chi connectivity index (χ3n) is 3.29. The Morgan fingerprint density at radius 1 is 1.33 bits per heavy atom. The smallest absolute Gasteiger partial charge is 0.150 e. The van der Waals surface area contributed by atoms with Gasteiger partial charge in [0.2, 0.25) is 0 Å². The zero-order chi connectivity index (χ0) is 15.7. The van der Waals surface area contributed by atoms with Crippen molar-refractivity contribution < 1.29 is 4.79 Å². The zero-order valence-electron chi connectivity index (χ0n) is 13.3. The molecule has 0 atom stereocenters. The highest BCUT2D eigenvalue weighted by Gasteiger charge is 2.09. The van der Waals surface area contributed by atoms with E-state index in [-0.39, 0.29) is 0 Å². The second-order valence-corrected chi connectivity index (χ2v) is 5.60. The van der Waals surface area contributed by atoms with Crippen LogP contribution < -0.4 is 0 Å². The second-order valence-electron chi connectivity index (χ2n) is 5.60. The van der Waals surface area contributed by atoms with Gasteiger partial charge in [-0.15, -0.1) is 0 Å². The molecule has 0 saturated carbocycles. The van der Waals surface area contributed by atoms with E-state index in [1.807, 2.05) is 18.2 Å². The van der Waals surface area contributed by atoms with Crippen LogP contribution in [0.5, 0.6) is 0 Å². The lowest BCUT2D eigenvalue weighted by atomic mass is 9.93. The Bertz CT molecular complexity index is 524. The van der Waals surface area contributed by atoms with E-state index in [2.05, 4.69) is 38.4 Å². The number of carbonyl (C=O) groups excluding carboxylic acids is 1. The van der Waals surface area contributed by atoms with Gasteiger partial charge >= 0.3 is 0 Å². The predicted molar refractivity (Wildman–Crippen MR) is 89.9 cm³/mol. The van der Waals surface area contributed by atoms with Crippen molar-refractivity contribution in [2.24, 2.45) is 5.92 Å². The van der Waals surface area contributed by atoms with E-state index >= 15 is 0 Å². The van der Waals surface area contributed by atoms with Crippen LogP contribution in [-0.2, 0) is 4.79 Å². The average Bonchev–Trinajstić information content (AvgIpc) is 2.49. The van der Waals surface area contributed by atoms with Crippen molar-refractivity contribution in [2.45, 2.75) is 40.0 Å². The Morgan fingerprint density at radius 3 is 2.48 bits per heavy atom. The summed E-state index contributed by atoms with van der Waals surface area (Å²) in [5.41, 5.74) is 3.70. The third kappa shape index (κ3) is 5.90. The van der Waals surface area contributed by atoms with E-state index in [1.165, 1.54) is 12.8 Å². The molecule has 0 spiro atoms. The number of aromatic nitrogens is 1. The van der Waals surface area contributed by atoms with Gasteiger partial charge in [-0.05, 0) is 47.3 Å². The molecule has 1 aromatic rings. The Kier molecular flexibility index (Phi) is 7.38. The van der Waals surface area contributed by atoms with Crippen LogP contribution in [0.3, 0.4) is 0 Å². The molecule has 112 valence electrons. The molecular formula is C19H25NO. The largest absolute Gasteiger partial charge is 0.298 e. The Balaban J connectivity index is 0.000000315. The highest BCUT2D eigenvalue weighted by molar-refractivity contribution is 5.89. The SMILES string of the molecule is C=C1CC=C(c2ccncc2)C=C1C=O.CCCC(C)C. The van der Waals surface area contributed by atoms with Crippen molar-refractivity contribution in [3.05, 3.63) is 60.0 Å². The summed E-state index contributed by atoms with van der Waals surface area (Å²) in [6.45, 7) is 10.6. The first-order valence-electron chi connectivity index (χ1n) is 7.54. The lowest BCUT2D eigenvalue weighted by Crippen LogP contribution is -1.96. The van der Waals surface area contributed by atoms with E-state index < -0.39 is 0 Å². The van der Waals surface area contributed by atoms with Crippen molar-refractivity contribution >= 4 is 11.9 Å². The number of aldehydes is 1. The number of hydrogen-bond donors (Lipinski definition) is 0. The van der Waals surface area contributed by atoms with Gasteiger partial charge in [0.25, 0.3) is 0 Å². The van der Waals surface area contributed by atoms with Crippen LogP contribution in [0.4, 0.5) is 0 Å². The molecule has 0 radical (unpaired) electrons. The monoisotopic (exact) mass is 283 g/mol. The molecule has 0 N–H and O–H groups in total. The number of hydrogen-bond acceptors (Lipinski definition) is 2. The van der Waals surface area contributed by atoms with Crippen LogP contribution in [0.2, 0.25) is 0 Å². The molecule has 0 unspecified atom stereocenters. The molecule has 1 heterocycles. The molecule has 2 rings (SSSR count). The standard InChI is InChI=1S/C13H11NO.C6H14/c1-10-2-3-12(8-13(10)9-15)11-4-6-14-7-5-11;1-4-5-6(2)3/h3-9H,1-2H2;6H,4-5H2,1-3H3. The predicted octanol–water partition coefficient (Wildman–Crippen LogP) is 4.99. The van der Waals surface area contributed by atoms with E-state index in [0.717, 1.165) is 35.3 Å². The maximum atomic E-state index is 10.8. The Hall–Kier alpha value is -1.96. The minimum absolute atomic E-state index is 0.685. The van der Waals surface area contributed by atoms with Crippen molar-refractivity contribution in [3.8, 4) is 0 Å². The lowest BCUT2D eigenvalue weighted by Gasteiger charge is -2.12. The van der Waals surface area contributed by atoms with E-state index in [0.29, 0.717) is 5.57 Å². The fraction of sp³-hybridized carbons (Fsp3) is 0.368. The first-order chi connectivity index (χ1) is 10.1. The number of rotatable bonds is 4. The minimum Gasteiger partial charge on any atom is -0.298 e. The molecule has 1 aliphatic rings. The summed E-state index contributed by atoms with van der Waals surface area (Å²) in [5.74, 6) is 0.898. The quantitative estimate of drug-likeness (QED) is 0.728. The van der Waals surface area contributed by atoms with Gasteiger partial charge in [-0.3, -0.25) is 9.78 Å². The summed E-state index contributed by atoms with van der Waals surface area (Å²) in [6, 6.07) is 3.86. The molecule has 0 bridgehead atoms. The average molecular weight is 283 g/mol. The maximum absolute atomic E-state index is 10.8. The second kappa shape index (κ2) is 9.06. The number of carbonyl (C=O) groups is 1. The van der Waals surface area contributed by atoms with Crippen LogP contribution in [0, 0.1) is 5.92 Å². The fourth-order valence-electron chi connectivity index (χ4n) is 2.12. The summed E-state index contributed by atoms with van der Waals surface area (Å²) in [5, 5.41) is 0. The van der Waals surface area contributed by atoms with Gasteiger partial charge in [0, 0.05) is 18.0 Å². The summed E-state index contributed by atoms with van der Waals surface area (Å²) in [7, 11) is 0. The molecule has 0 amide bonds. The van der Waals surface area contributed by atoms with Crippen molar-refractivity contribution in [2.75, 3.05) is 0 Å². The Labute approximate surface area is 128 Å². The van der Waals surface area contributed by atoms with Gasteiger partial charge in [0.15, 0.2) is 0 Å². The maximum Gasteiger partial charge on any atom is 0.150 e. The highest BCUT2D eigenvalue weighted by Crippen LogP contribution is 2.26. The minimum atomic E-state index is 0.685. The molecule has 0 saturated heterocycles. The molecule has 0 fully saturated rings. The van der Waals surface area contributed by atoms with Crippen LogP contribution in [0.15, 0.2) is 54.4 Å². The summed E-state index contributed by atoms with van der Waals surface area (Å²) in [4.78, 5) is 14.7. The summed E-state index contributed by atoms with van der Waals surface area (Å²) in [6.07, 6.45) is 11.7. The van der Waals surface area contributed by atoms with Crippen LogP contribution >= 0.6 is 0 Å². The normalized spacial score (nSPS) is 14.0. The van der Waals surface area contributed by atoms with Gasteiger partial charge in [0.05, 0.1) is 0 Å². The third-order valence-corrected chi connectivity index (χ3v) is 3.29. The van der Waals surface area contributed by atoms with Crippen LogP contribution in [0.1, 0.15) is 45.6 Å². The van der Waals surface area contributed by atoms with Gasteiger partial charge in [0.1, 0.15) is 6.29 Å². The van der Waals surface area contributed by atoms with E-state index in [9.17, 15) is 4.79 Å². The molecule has 2 heteroatoms. The van der Waals surface area contributed by atoms with Crippen molar-refractivity contribution in [3.63, 3.8) is 0 Å². The van der Waals surface area contributed by atoms with Gasteiger partial charge < -0.3 is 0 Å². The summed E-state index contributed by atoms with van der Waals surface area (Å²) < 4.78 is 0. The van der Waals surface area contributed by atoms with Gasteiger partial charge in [-0.1, -0.05) is 46.3 Å². The van der Waals surface area contributed by atoms with Gasteiger partial charge in [-0.25, -0.2) is 0 Å². The van der Waals surface area contributed by atoms with Crippen molar-refractivity contribution in [1.82, 2.24) is 4.98 Å². The summed E-state index contributed by atoms with van der Waals surface area (Å²) >= 11 is 0. The molecule has 21 heavy (non-hydrogen) atoms. The van der Waals surface area contributed by atoms with E-state index in [1.54, 1.807) is 12.4 Å². The molecule has 2 nitrogen and oxygen atoms in total.